The highest BCUT2D eigenvalue weighted by atomic mass is 19.1. The second-order valence-corrected chi connectivity index (χ2v) is 6.93. The highest BCUT2D eigenvalue weighted by Gasteiger charge is 2.27. The number of carbonyl (C=O) groups excluding carboxylic acids is 1. The van der Waals surface area contributed by atoms with Crippen LogP contribution in [0.5, 0.6) is 0 Å². The number of halogens is 1. The van der Waals surface area contributed by atoms with Gasteiger partial charge in [-0.25, -0.2) is 4.39 Å². The van der Waals surface area contributed by atoms with Crippen LogP contribution in [0.3, 0.4) is 0 Å². The first-order valence-corrected chi connectivity index (χ1v) is 9.39. The summed E-state index contributed by atoms with van der Waals surface area (Å²) >= 11 is 0. The second-order valence-electron chi connectivity index (χ2n) is 6.93. The standard InChI is InChI=1S/C20H31FN2O2/c1-5-22-11-7-8-18(22)13-23(6-2)20(24)16-9-10-19(21)17(12-16)14-25-15(3)4/h9-10,12,15,18H,5-8,11,13-14H2,1-4H3. The largest absolute Gasteiger partial charge is 0.374 e. The van der Waals surface area contributed by atoms with Crippen LogP contribution in [0.2, 0.25) is 0 Å². The van der Waals surface area contributed by atoms with E-state index in [1.165, 1.54) is 12.5 Å². The van der Waals surface area contributed by atoms with Crippen LogP contribution in [0.4, 0.5) is 4.39 Å². The molecule has 0 saturated carbocycles. The Kier molecular flexibility index (Phi) is 7.38. The van der Waals surface area contributed by atoms with E-state index < -0.39 is 0 Å². The molecule has 1 fully saturated rings. The lowest BCUT2D eigenvalue weighted by atomic mass is 10.1. The maximum Gasteiger partial charge on any atom is 0.253 e. The predicted molar refractivity (Wildman–Crippen MR) is 98.2 cm³/mol. The molecule has 1 saturated heterocycles. The van der Waals surface area contributed by atoms with Crippen molar-refractivity contribution in [3.63, 3.8) is 0 Å². The minimum atomic E-state index is -0.326. The van der Waals surface area contributed by atoms with Crippen LogP contribution >= 0.6 is 0 Å². The lowest BCUT2D eigenvalue weighted by Crippen LogP contribution is -2.43. The molecule has 140 valence electrons. The zero-order valence-corrected chi connectivity index (χ0v) is 15.9. The van der Waals surface area contributed by atoms with Gasteiger partial charge in [-0.2, -0.15) is 0 Å². The van der Waals surface area contributed by atoms with Gasteiger partial charge in [0.1, 0.15) is 5.82 Å². The third-order valence-corrected chi connectivity index (χ3v) is 4.87. The zero-order chi connectivity index (χ0) is 18.4. The molecule has 2 rings (SSSR count). The van der Waals surface area contributed by atoms with Gasteiger partial charge in [0.15, 0.2) is 0 Å². The fourth-order valence-corrected chi connectivity index (χ4v) is 3.39. The number of carbonyl (C=O) groups is 1. The summed E-state index contributed by atoms with van der Waals surface area (Å²) in [6, 6.07) is 5.01. The lowest BCUT2D eigenvalue weighted by molar-refractivity contribution is 0.0636. The van der Waals surface area contributed by atoms with Crippen molar-refractivity contribution in [2.75, 3.05) is 26.2 Å². The highest BCUT2D eigenvalue weighted by Crippen LogP contribution is 2.20. The van der Waals surface area contributed by atoms with Crippen LogP contribution in [-0.4, -0.2) is 54.0 Å². The summed E-state index contributed by atoms with van der Waals surface area (Å²) < 4.78 is 19.5. The van der Waals surface area contributed by atoms with E-state index in [0.717, 1.165) is 26.1 Å². The Morgan fingerprint density at radius 1 is 1.40 bits per heavy atom. The maximum absolute atomic E-state index is 14.0. The molecule has 4 nitrogen and oxygen atoms in total. The molecule has 1 aliphatic rings. The molecule has 0 N–H and O–H groups in total. The Labute approximate surface area is 150 Å². The summed E-state index contributed by atoms with van der Waals surface area (Å²) in [6.07, 6.45) is 2.35. The Morgan fingerprint density at radius 3 is 2.80 bits per heavy atom. The molecule has 0 aliphatic carbocycles. The van der Waals surface area contributed by atoms with E-state index in [2.05, 4.69) is 11.8 Å². The van der Waals surface area contributed by atoms with E-state index in [0.29, 0.717) is 23.7 Å². The number of ether oxygens (including phenoxy) is 1. The molecular weight excluding hydrogens is 319 g/mol. The summed E-state index contributed by atoms with van der Waals surface area (Å²) in [5.74, 6) is -0.357. The molecule has 1 unspecified atom stereocenters. The van der Waals surface area contributed by atoms with E-state index in [-0.39, 0.29) is 24.4 Å². The van der Waals surface area contributed by atoms with Gasteiger partial charge in [-0.15, -0.1) is 0 Å². The van der Waals surface area contributed by atoms with Gasteiger partial charge in [-0.3, -0.25) is 9.69 Å². The number of benzene rings is 1. The van der Waals surface area contributed by atoms with Crippen molar-refractivity contribution >= 4 is 5.91 Å². The molecule has 5 heteroatoms. The number of likely N-dealkylation sites (tertiary alicyclic amines) is 1. The summed E-state index contributed by atoms with van der Waals surface area (Å²) in [4.78, 5) is 17.2. The minimum absolute atomic E-state index is 0.0216. The van der Waals surface area contributed by atoms with Crippen molar-refractivity contribution in [3.05, 3.63) is 35.1 Å². The van der Waals surface area contributed by atoms with Crippen LogP contribution in [0.1, 0.15) is 56.5 Å². The van der Waals surface area contributed by atoms with Gasteiger partial charge < -0.3 is 9.64 Å². The van der Waals surface area contributed by atoms with Crippen molar-refractivity contribution in [1.82, 2.24) is 9.80 Å². The third-order valence-electron chi connectivity index (χ3n) is 4.87. The zero-order valence-electron chi connectivity index (χ0n) is 15.9. The predicted octanol–water partition coefficient (Wildman–Crippen LogP) is 3.70. The smallest absolute Gasteiger partial charge is 0.253 e. The molecule has 0 bridgehead atoms. The monoisotopic (exact) mass is 350 g/mol. The summed E-state index contributed by atoms with van der Waals surface area (Å²) in [6.45, 7) is 11.7. The van der Waals surface area contributed by atoms with Crippen molar-refractivity contribution in [2.45, 2.75) is 59.3 Å². The SMILES string of the molecule is CCN(CC1CCCN1CC)C(=O)c1ccc(F)c(COC(C)C)c1. The van der Waals surface area contributed by atoms with Crippen LogP contribution in [-0.2, 0) is 11.3 Å². The van der Waals surface area contributed by atoms with Gasteiger partial charge in [0.25, 0.3) is 5.91 Å². The topological polar surface area (TPSA) is 32.8 Å². The number of hydrogen-bond donors (Lipinski definition) is 0. The Bertz CT molecular complexity index is 577. The van der Waals surface area contributed by atoms with Gasteiger partial charge in [0, 0.05) is 30.3 Å². The number of hydrogen-bond acceptors (Lipinski definition) is 3. The van der Waals surface area contributed by atoms with Crippen molar-refractivity contribution in [1.29, 1.82) is 0 Å². The average molecular weight is 350 g/mol. The Morgan fingerprint density at radius 2 is 2.16 bits per heavy atom. The first-order valence-electron chi connectivity index (χ1n) is 9.39. The van der Waals surface area contributed by atoms with E-state index in [1.807, 2.05) is 25.7 Å². The summed E-state index contributed by atoms with van der Waals surface area (Å²) in [7, 11) is 0. The summed E-state index contributed by atoms with van der Waals surface area (Å²) in [5, 5.41) is 0. The normalized spacial score (nSPS) is 18.1. The second kappa shape index (κ2) is 9.30. The van der Waals surface area contributed by atoms with Crippen LogP contribution in [0.15, 0.2) is 18.2 Å². The lowest BCUT2D eigenvalue weighted by Gasteiger charge is -2.29. The number of rotatable bonds is 8. The Balaban J connectivity index is 2.10. The van der Waals surface area contributed by atoms with Crippen LogP contribution in [0, 0.1) is 5.82 Å². The molecule has 1 aliphatic heterocycles. The third kappa shape index (κ3) is 5.25. The van der Waals surface area contributed by atoms with Crippen molar-refractivity contribution in [2.24, 2.45) is 0 Å². The van der Waals surface area contributed by atoms with Crippen LogP contribution in [0.25, 0.3) is 0 Å². The molecule has 25 heavy (non-hydrogen) atoms. The Hall–Kier alpha value is -1.46. The molecule has 1 aromatic carbocycles. The molecule has 1 amide bonds. The molecule has 1 heterocycles. The molecule has 1 aromatic rings. The first kappa shape index (κ1) is 19.9. The fraction of sp³-hybridized carbons (Fsp3) is 0.650. The van der Waals surface area contributed by atoms with Gasteiger partial charge >= 0.3 is 0 Å². The van der Waals surface area contributed by atoms with Gasteiger partial charge in [-0.05, 0) is 64.9 Å². The molecule has 0 spiro atoms. The average Bonchev–Trinajstić information content (AvgIpc) is 3.05. The summed E-state index contributed by atoms with van der Waals surface area (Å²) in [5.41, 5.74) is 0.971. The minimum Gasteiger partial charge on any atom is -0.374 e. The van der Waals surface area contributed by atoms with E-state index >= 15 is 0 Å². The molecule has 0 radical (unpaired) electrons. The van der Waals surface area contributed by atoms with Crippen LogP contribution < -0.4 is 0 Å². The van der Waals surface area contributed by atoms with Crippen molar-refractivity contribution < 1.29 is 13.9 Å². The van der Waals surface area contributed by atoms with Gasteiger partial charge in [-0.1, -0.05) is 6.92 Å². The van der Waals surface area contributed by atoms with Crippen molar-refractivity contribution in [3.8, 4) is 0 Å². The van der Waals surface area contributed by atoms with Gasteiger partial charge in [0.2, 0.25) is 0 Å². The maximum atomic E-state index is 14.0. The highest BCUT2D eigenvalue weighted by molar-refractivity contribution is 5.94. The van der Waals surface area contributed by atoms with Gasteiger partial charge in [0.05, 0.1) is 12.7 Å². The van der Waals surface area contributed by atoms with E-state index in [9.17, 15) is 9.18 Å². The van der Waals surface area contributed by atoms with E-state index in [1.54, 1.807) is 12.1 Å². The number of amides is 1. The molecular formula is C20H31FN2O2. The molecule has 1 atom stereocenters. The first-order chi connectivity index (χ1) is 12.0. The van der Waals surface area contributed by atoms with E-state index in [4.69, 9.17) is 4.74 Å². The fourth-order valence-electron chi connectivity index (χ4n) is 3.39. The molecule has 0 aromatic heterocycles. The number of nitrogens with zero attached hydrogens (tertiary/aromatic N) is 2. The quantitative estimate of drug-likeness (QED) is 0.717. The number of likely N-dealkylation sites (N-methyl/N-ethyl adjacent to an activating group) is 2.